The summed E-state index contributed by atoms with van der Waals surface area (Å²) in [6, 6.07) is 11.5. The van der Waals surface area contributed by atoms with Crippen molar-refractivity contribution in [1.82, 2.24) is 9.88 Å². The molecule has 1 saturated heterocycles. The highest BCUT2D eigenvalue weighted by molar-refractivity contribution is 5.97. The van der Waals surface area contributed by atoms with Crippen molar-refractivity contribution in [1.29, 1.82) is 0 Å². The Kier molecular flexibility index (Phi) is 5.55. The Hall–Kier alpha value is -2.89. The van der Waals surface area contributed by atoms with Crippen LogP contribution in [0, 0.1) is 5.92 Å². The summed E-state index contributed by atoms with van der Waals surface area (Å²) in [5.41, 5.74) is 1.76. The highest BCUT2D eigenvalue weighted by Gasteiger charge is 2.38. The molecule has 1 saturated carbocycles. The van der Waals surface area contributed by atoms with Crippen LogP contribution in [0.25, 0.3) is 0 Å². The number of nitrogens with one attached hydrogen (secondary N) is 1. The fourth-order valence-electron chi connectivity index (χ4n) is 4.00. The molecule has 4 rings (SSSR count). The summed E-state index contributed by atoms with van der Waals surface area (Å²) in [6.45, 7) is 1.01. The van der Waals surface area contributed by atoms with Crippen LogP contribution in [-0.4, -0.2) is 34.3 Å². The average Bonchev–Trinajstić information content (AvgIpc) is 3.38. The first-order chi connectivity index (χ1) is 13.7. The number of anilines is 1. The fourth-order valence-corrected chi connectivity index (χ4v) is 4.00. The molecule has 2 aliphatic rings. The molecule has 6 nitrogen and oxygen atoms in total. The summed E-state index contributed by atoms with van der Waals surface area (Å²) in [6.07, 6.45) is 8.29. The maximum atomic E-state index is 12.6. The number of rotatable bonds is 6. The summed E-state index contributed by atoms with van der Waals surface area (Å²) < 4.78 is 5.75. The summed E-state index contributed by atoms with van der Waals surface area (Å²) in [7, 11) is 0. The Labute approximate surface area is 164 Å². The van der Waals surface area contributed by atoms with Gasteiger partial charge < -0.3 is 15.0 Å². The van der Waals surface area contributed by atoms with Crippen LogP contribution in [0.4, 0.5) is 5.69 Å². The second kappa shape index (κ2) is 8.42. The number of amides is 2. The van der Waals surface area contributed by atoms with Crippen LogP contribution in [0.3, 0.4) is 0 Å². The minimum Gasteiger partial charge on any atom is -0.489 e. The van der Waals surface area contributed by atoms with Crippen LogP contribution in [0.1, 0.15) is 37.7 Å². The Balaban J connectivity index is 1.29. The third kappa shape index (κ3) is 4.32. The quantitative estimate of drug-likeness (QED) is 0.835. The number of likely N-dealkylation sites (tertiary alicyclic amines) is 1. The summed E-state index contributed by atoms with van der Waals surface area (Å²) in [5, 5.41) is 2.93. The fraction of sp³-hybridized carbons (Fsp3) is 0.409. The molecule has 1 atom stereocenters. The standard InChI is InChI=1S/C22H25N3O3/c26-21-13-17(14-25(21)19-3-1-2-4-19)22(27)24-18-5-7-20(8-6-18)28-15-16-9-11-23-12-10-16/h5-12,17,19H,1-4,13-15H2,(H,24,27). The van der Waals surface area contributed by atoms with Gasteiger partial charge in [0.25, 0.3) is 0 Å². The topological polar surface area (TPSA) is 71.5 Å². The third-order valence-electron chi connectivity index (χ3n) is 5.57. The molecule has 2 amide bonds. The number of pyridine rings is 1. The predicted octanol–water partition coefficient (Wildman–Crippen LogP) is 3.39. The number of carbonyl (C=O) groups excluding carboxylic acids is 2. The molecule has 6 heteroatoms. The second-order valence-corrected chi connectivity index (χ2v) is 7.54. The summed E-state index contributed by atoms with van der Waals surface area (Å²) >= 11 is 0. The number of benzene rings is 1. The molecule has 1 N–H and O–H groups in total. The lowest BCUT2D eigenvalue weighted by molar-refractivity contribution is -0.129. The molecular formula is C22H25N3O3. The van der Waals surface area contributed by atoms with Gasteiger partial charge in [0.1, 0.15) is 12.4 Å². The van der Waals surface area contributed by atoms with E-state index in [9.17, 15) is 9.59 Å². The van der Waals surface area contributed by atoms with Gasteiger partial charge in [0.05, 0.1) is 5.92 Å². The van der Waals surface area contributed by atoms with Gasteiger partial charge in [-0.05, 0) is 54.8 Å². The van der Waals surface area contributed by atoms with Crippen molar-refractivity contribution >= 4 is 17.5 Å². The van der Waals surface area contributed by atoms with E-state index in [1.807, 2.05) is 41.3 Å². The average molecular weight is 379 g/mol. The van der Waals surface area contributed by atoms with Crippen molar-refractivity contribution in [2.75, 3.05) is 11.9 Å². The molecule has 2 aromatic rings. The molecule has 0 spiro atoms. The predicted molar refractivity (Wildman–Crippen MR) is 106 cm³/mol. The first-order valence-corrected chi connectivity index (χ1v) is 9.91. The molecule has 146 valence electrons. The molecule has 0 bridgehead atoms. The number of hydrogen-bond donors (Lipinski definition) is 1. The molecule has 28 heavy (non-hydrogen) atoms. The largest absolute Gasteiger partial charge is 0.489 e. The van der Waals surface area contributed by atoms with Crippen molar-refractivity contribution < 1.29 is 14.3 Å². The van der Waals surface area contributed by atoms with Gasteiger partial charge in [-0.25, -0.2) is 0 Å². The van der Waals surface area contributed by atoms with Crippen LogP contribution >= 0.6 is 0 Å². The van der Waals surface area contributed by atoms with E-state index in [0.29, 0.717) is 31.3 Å². The van der Waals surface area contributed by atoms with E-state index < -0.39 is 0 Å². The zero-order chi connectivity index (χ0) is 19.3. The van der Waals surface area contributed by atoms with Gasteiger partial charge in [-0.1, -0.05) is 12.8 Å². The number of nitrogens with zero attached hydrogens (tertiary/aromatic N) is 2. The van der Waals surface area contributed by atoms with Gasteiger partial charge in [-0.3, -0.25) is 14.6 Å². The Bertz CT molecular complexity index is 817. The number of hydrogen-bond acceptors (Lipinski definition) is 4. The van der Waals surface area contributed by atoms with Gasteiger partial charge >= 0.3 is 0 Å². The van der Waals surface area contributed by atoms with Crippen LogP contribution in [0.15, 0.2) is 48.8 Å². The van der Waals surface area contributed by atoms with Gasteiger partial charge in [0, 0.05) is 37.1 Å². The van der Waals surface area contributed by atoms with E-state index in [1.165, 1.54) is 12.8 Å². The van der Waals surface area contributed by atoms with Gasteiger partial charge in [0.15, 0.2) is 0 Å². The molecule has 1 aliphatic heterocycles. The van der Waals surface area contributed by atoms with Gasteiger partial charge in [-0.2, -0.15) is 0 Å². The molecular weight excluding hydrogens is 354 g/mol. The Morgan fingerprint density at radius 3 is 2.54 bits per heavy atom. The van der Waals surface area contributed by atoms with Gasteiger partial charge in [0.2, 0.25) is 11.8 Å². The minimum absolute atomic E-state index is 0.0840. The van der Waals surface area contributed by atoms with Crippen molar-refractivity contribution in [3.63, 3.8) is 0 Å². The SMILES string of the molecule is O=C(Nc1ccc(OCc2ccncc2)cc1)C1CC(=O)N(C2CCCC2)C1. The highest BCUT2D eigenvalue weighted by Crippen LogP contribution is 2.30. The lowest BCUT2D eigenvalue weighted by Crippen LogP contribution is -2.35. The first kappa shape index (κ1) is 18.5. The second-order valence-electron chi connectivity index (χ2n) is 7.54. The molecule has 2 fully saturated rings. The molecule has 1 aromatic carbocycles. The van der Waals surface area contributed by atoms with Gasteiger partial charge in [-0.15, -0.1) is 0 Å². The van der Waals surface area contributed by atoms with Crippen LogP contribution in [-0.2, 0) is 16.2 Å². The molecule has 1 aromatic heterocycles. The maximum absolute atomic E-state index is 12.6. The van der Waals surface area contributed by atoms with Crippen LogP contribution < -0.4 is 10.1 Å². The molecule has 1 unspecified atom stereocenters. The monoisotopic (exact) mass is 379 g/mol. The van der Waals surface area contributed by atoms with Crippen molar-refractivity contribution in [3.8, 4) is 5.75 Å². The van der Waals surface area contributed by atoms with E-state index in [4.69, 9.17) is 4.74 Å². The lowest BCUT2D eigenvalue weighted by atomic mass is 10.1. The van der Waals surface area contributed by atoms with Crippen LogP contribution in [0.5, 0.6) is 5.75 Å². The smallest absolute Gasteiger partial charge is 0.229 e. The Morgan fingerprint density at radius 2 is 1.82 bits per heavy atom. The van der Waals surface area contributed by atoms with E-state index >= 15 is 0 Å². The minimum atomic E-state index is -0.268. The highest BCUT2D eigenvalue weighted by atomic mass is 16.5. The number of aromatic nitrogens is 1. The number of carbonyl (C=O) groups is 2. The van der Waals surface area contributed by atoms with E-state index in [1.54, 1.807) is 12.4 Å². The normalized spacial score (nSPS) is 19.8. The lowest BCUT2D eigenvalue weighted by Gasteiger charge is -2.23. The number of ether oxygens (including phenoxy) is 1. The Morgan fingerprint density at radius 1 is 1.11 bits per heavy atom. The van der Waals surface area contributed by atoms with Crippen LogP contribution in [0.2, 0.25) is 0 Å². The van der Waals surface area contributed by atoms with Crippen molar-refractivity contribution in [3.05, 3.63) is 54.4 Å². The van der Waals surface area contributed by atoms with E-state index in [0.717, 1.165) is 24.2 Å². The van der Waals surface area contributed by atoms with Crippen molar-refractivity contribution in [2.45, 2.75) is 44.8 Å². The molecule has 0 radical (unpaired) electrons. The van der Waals surface area contributed by atoms with Crippen molar-refractivity contribution in [2.24, 2.45) is 5.92 Å². The zero-order valence-corrected chi connectivity index (χ0v) is 15.8. The maximum Gasteiger partial charge on any atom is 0.229 e. The van der Waals surface area contributed by atoms with E-state index in [-0.39, 0.29) is 17.7 Å². The zero-order valence-electron chi connectivity index (χ0n) is 15.8. The molecule has 2 heterocycles. The first-order valence-electron chi connectivity index (χ1n) is 9.91. The van der Waals surface area contributed by atoms with E-state index in [2.05, 4.69) is 10.3 Å². The third-order valence-corrected chi connectivity index (χ3v) is 5.57. The summed E-state index contributed by atoms with van der Waals surface area (Å²) in [4.78, 5) is 30.8. The molecule has 1 aliphatic carbocycles. The summed E-state index contributed by atoms with van der Waals surface area (Å²) in [5.74, 6) is 0.500.